The molecule has 0 amide bonds. The molecule has 84 valence electrons. The van der Waals surface area contributed by atoms with E-state index in [1.54, 1.807) is 0 Å². The Morgan fingerprint density at radius 1 is 1.47 bits per heavy atom. The van der Waals surface area contributed by atoms with Gasteiger partial charge in [-0.25, -0.2) is 0 Å². The molecule has 0 aromatic heterocycles. The zero-order chi connectivity index (χ0) is 10.9. The molecule has 0 saturated heterocycles. The Morgan fingerprint density at radius 2 is 2.27 bits per heavy atom. The summed E-state index contributed by atoms with van der Waals surface area (Å²) >= 11 is 0. The van der Waals surface area contributed by atoms with Crippen molar-refractivity contribution in [2.45, 2.75) is 52.4 Å². The van der Waals surface area contributed by atoms with E-state index in [1.165, 1.54) is 19.3 Å². The number of carbonyl (C=O) groups is 1. The molecule has 2 rings (SSSR count). The van der Waals surface area contributed by atoms with Crippen LogP contribution in [0.1, 0.15) is 52.4 Å². The summed E-state index contributed by atoms with van der Waals surface area (Å²) in [6.45, 7) is 4.45. The maximum absolute atomic E-state index is 12.1. The maximum atomic E-state index is 12.1. The summed E-state index contributed by atoms with van der Waals surface area (Å²) in [6, 6.07) is 0. The van der Waals surface area contributed by atoms with Gasteiger partial charge < -0.3 is 0 Å². The molecule has 0 unspecified atom stereocenters. The van der Waals surface area contributed by atoms with Crippen molar-refractivity contribution in [3.05, 3.63) is 12.2 Å². The quantitative estimate of drug-likeness (QED) is 0.494. The monoisotopic (exact) mass is 206 g/mol. The molecule has 0 N–H and O–H groups in total. The molecule has 0 aromatic rings. The molecule has 2 aliphatic rings. The second kappa shape index (κ2) is 4.11. The van der Waals surface area contributed by atoms with Crippen molar-refractivity contribution in [1.82, 2.24) is 0 Å². The predicted octanol–water partition coefficient (Wildman–Crippen LogP) is 3.74. The number of carbonyl (C=O) groups excluding carboxylic acids is 1. The fourth-order valence-electron chi connectivity index (χ4n) is 3.27. The molecule has 2 bridgehead atoms. The van der Waals surface area contributed by atoms with Crippen molar-refractivity contribution in [3.63, 3.8) is 0 Å². The van der Waals surface area contributed by atoms with Crippen LogP contribution >= 0.6 is 0 Å². The number of fused-ring (bicyclic) bond motifs is 2. The van der Waals surface area contributed by atoms with Gasteiger partial charge in [-0.2, -0.15) is 0 Å². The van der Waals surface area contributed by atoms with E-state index in [4.69, 9.17) is 0 Å². The van der Waals surface area contributed by atoms with Crippen molar-refractivity contribution in [2.24, 2.45) is 17.3 Å². The van der Waals surface area contributed by atoms with Gasteiger partial charge in [0.1, 0.15) is 5.78 Å². The zero-order valence-corrected chi connectivity index (χ0v) is 9.96. The van der Waals surface area contributed by atoms with Gasteiger partial charge in [-0.3, -0.25) is 4.79 Å². The molecule has 0 radical (unpaired) electrons. The van der Waals surface area contributed by atoms with E-state index in [0.29, 0.717) is 17.6 Å². The van der Waals surface area contributed by atoms with Gasteiger partial charge in [0.2, 0.25) is 0 Å². The highest BCUT2D eigenvalue weighted by Gasteiger charge is 2.47. The normalized spacial score (nSPS) is 37.5. The lowest BCUT2D eigenvalue weighted by atomic mass is 9.76. The Labute approximate surface area is 92.9 Å². The van der Waals surface area contributed by atoms with Crippen LogP contribution in [-0.2, 0) is 4.79 Å². The van der Waals surface area contributed by atoms with Crippen LogP contribution < -0.4 is 0 Å². The molecule has 0 aliphatic heterocycles. The van der Waals surface area contributed by atoms with Gasteiger partial charge in [-0.05, 0) is 30.6 Å². The highest BCUT2D eigenvalue weighted by atomic mass is 16.1. The summed E-state index contributed by atoms with van der Waals surface area (Å²) < 4.78 is 0. The lowest BCUT2D eigenvalue weighted by molar-refractivity contribution is -0.125. The maximum Gasteiger partial charge on any atom is 0.136 e. The van der Waals surface area contributed by atoms with Gasteiger partial charge in [-0.15, -0.1) is 0 Å². The van der Waals surface area contributed by atoms with Crippen molar-refractivity contribution in [1.29, 1.82) is 0 Å². The van der Waals surface area contributed by atoms with E-state index in [9.17, 15) is 4.79 Å². The zero-order valence-electron chi connectivity index (χ0n) is 9.96. The predicted molar refractivity (Wildman–Crippen MR) is 62.6 cm³/mol. The summed E-state index contributed by atoms with van der Waals surface area (Å²) in [5.74, 6) is 1.57. The molecular formula is C14H22O. The van der Waals surface area contributed by atoms with E-state index in [2.05, 4.69) is 26.0 Å². The van der Waals surface area contributed by atoms with Crippen LogP contribution in [0.25, 0.3) is 0 Å². The van der Waals surface area contributed by atoms with Crippen LogP contribution in [0.3, 0.4) is 0 Å². The summed E-state index contributed by atoms with van der Waals surface area (Å²) in [7, 11) is 0. The number of allylic oxidation sites excluding steroid dienone is 2. The van der Waals surface area contributed by atoms with Gasteiger partial charge in [0.05, 0.1) is 0 Å². The summed E-state index contributed by atoms with van der Waals surface area (Å²) in [5.41, 5.74) is 0.216. The molecule has 1 nitrogen and oxygen atoms in total. The molecule has 0 spiro atoms. The molecule has 3 atom stereocenters. The first-order valence-electron chi connectivity index (χ1n) is 6.38. The minimum Gasteiger partial charge on any atom is -0.299 e. The standard InChI is InChI=1S/C14H22O/c1-3-4-5-6-13(15)12-9-11-7-8-14(12,2)10-11/h7-8,11-12H,3-6,9-10H2,1-2H3/t11-,12+,14-/m1/s1. The molecule has 1 heteroatoms. The van der Waals surface area contributed by atoms with E-state index in [1.807, 2.05) is 0 Å². The molecule has 1 saturated carbocycles. The Kier molecular flexibility index (Phi) is 2.99. The Morgan fingerprint density at radius 3 is 2.80 bits per heavy atom. The van der Waals surface area contributed by atoms with Crippen LogP contribution in [0, 0.1) is 17.3 Å². The van der Waals surface area contributed by atoms with Crippen molar-refractivity contribution < 1.29 is 4.79 Å². The fraction of sp³-hybridized carbons (Fsp3) is 0.786. The average molecular weight is 206 g/mol. The fourth-order valence-corrected chi connectivity index (χ4v) is 3.27. The first-order chi connectivity index (χ1) is 7.15. The average Bonchev–Trinajstić information content (AvgIpc) is 2.72. The largest absolute Gasteiger partial charge is 0.299 e. The Bertz CT molecular complexity index is 279. The minimum absolute atomic E-state index is 0.216. The SMILES string of the molecule is CCCCCC(=O)[C@@H]1C[C@H]2C=C[C@]1(C)C2. The number of ketones is 1. The Hall–Kier alpha value is -0.590. The lowest BCUT2D eigenvalue weighted by Crippen LogP contribution is -2.27. The number of rotatable bonds is 5. The van der Waals surface area contributed by atoms with E-state index < -0.39 is 0 Å². The number of unbranched alkanes of at least 4 members (excludes halogenated alkanes) is 2. The Balaban J connectivity index is 1.89. The first kappa shape index (κ1) is 10.9. The van der Waals surface area contributed by atoms with Crippen molar-refractivity contribution >= 4 is 5.78 Å². The molecule has 1 fully saturated rings. The van der Waals surface area contributed by atoms with Crippen LogP contribution in [-0.4, -0.2) is 5.78 Å². The lowest BCUT2D eigenvalue weighted by Gasteiger charge is -2.26. The van der Waals surface area contributed by atoms with Crippen molar-refractivity contribution in [3.8, 4) is 0 Å². The third-order valence-electron chi connectivity index (χ3n) is 4.20. The highest BCUT2D eigenvalue weighted by Crippen LogP contribution is 2.53. The van der Waals surface area contributed by atoms with Gasteiger partial charge in [0.25, 0.3) is 0 Å². The molecule has 15 heavy (non-hydrogen) atoms. The second-order valence-electron chi connectivity index (χ2n) is 5.54. The second-order valence-corrected chi connectivity index (χ2v) is 5.54. The van der Waals surface area contributed by atoms with Crippen molar-refractivity contribution in [2.75, 3.05) is 0 Å². The topological polar surface area (TPSA) is 17.1 Å². The molecular weight excluding hydrogens is 184 g/mol. The molecule has 2 aliphatic carbocycles. The molecule has 0 heterocycles. The van der Waals surface area contributed by atoms with Crippen LogP contribution in [0.2, 0.25) is 0 Å². The summed E-state index contributed by atoms with van der Waals surface area (Å²) in [6.07, 6.45) is 11.3. The van der Waals surface area contributed by atoms with E-state index >= 15 is 0 Å². The van der Waals surface area contributed by atoms with Crippen LogP contribution in [0.15, 0.2) is 12.2 Å². The summed E-state index contributed by atoms with van der Waals surface area (Å²) in [4.78, 5) is 12.1. The van der Waals surface area contributed by atoms with Crippen LogP contribution in [0.5, 0.6) is 0 Å². The highest BCUT2D eigenvalue weighted by molar-refractivity contribution is 5.82. The minimum atomic E-state index is 0.216. The van der Waals surface area contributed by atoms with Gasteiger partial charge in [0.15, 0.2) is 0 Å². The van der Waals surface area contributed by atoms with Gasteiger partial charge in [0, 0.05) is 12.3 Å². The number of Topliss-reactive ketones (excluding diaryl/α,β-unsaturated/α-hetero) is 1. The third kappa shape index (κ3) is 2.02. The van der Waals surface area contributed by atoms with E-state index in [0.717, 1.165) is 19.3 Å². The smallest absolute Gasteiger partial charge is 0.136 e. The van der Waals surface area contributed by atoms with Gasteiger partial charge in [-0.1, -0.05) is 38.8 Å². The number of hydrogen-bond donors (Lipinski definition) is 0. The summed E-state index contributed by atoms with van der Waals surface area (Å²) in [5, 5.41) is 0. The van der Waals surface area contributed by atoms with Gasteiger partial charge >= 0.3 is 0 Å². The van der Waals surface area contributed by atoms with E-state index in [-0.39, 0.29) is 5.41 Å². The third-order valence-corrected chi connectivity index (χ3v) is 4.20. The first-order valence-corrected chi connectivity index (χ1v) is 6.38. The van der Waals surface area contributed by atoms with Crippen LogP contribution in [0.4, 0.5) is 0 Å². The number of hydrogen-bond acceptors (Lipinski definition) is 1. The molecule has 0 aromatic carbocycles.